The standard InChI is InChI=1S/C16H15NO2/c1-19-13-5-7-14(12(9-13)10-18)15-6-4-11-3-2-8-17-16(11)15/h2-3,5,7-10,15H,4,6H2,1H3. The number of ether oxygens (including phenoxy) is 1. The van der Waals surface area contributed by atoms with Gasteiger partial charge in [0.1, 0.15) is 12.0 Å². The molecule has 0 saturated heterocycles. The molecular formula is C16H15NO2. The molecule has 0 radical (unpaired) electrons. The lowest BCUT2D eigenvalue weighted by Gasteiger charge is -2.14. The van der Waals surface area contributed by atoms with Crippen molar-refractivity contribution in [3.05, 3.63) is 58.9 Å². The fraction of sp³-hybridized carbons (Fsp3) is 0.250. The number of aldehydes is 1. The second-order valence-corrected chi connectivity index (χ2v) is 4.75. The third-order valence-corrected chi connectivity index (χ3v) is 3.75. The number of pyridine rings is 1. The van der Waals surface area contributed by atoms with E-state index in [2.05, 4.69) is 11.1 Å². The third kappa shape index (κ3) is 2.01. The molecule has 1 heterocycles. The minimum Gasteiger partial charge on any atom is -0.497 e. The summed E-state index contributed by atoms with van der Waals surface area (Å²) in [5, 5.41) is 0. The summed E-state index contributed by atoms with van der Waals surface area (Å²) in [4.78, 5) is 15.8. The molecule has 2 aromatic rings. The van der Waals surface area contributed by atoms with Gasteiger partial charge in [0.25, 0.3) is 0 Å². The first-order valence-electron chi connectivity index (χ1n) is 6.40. The molecule has 96 valence electrons. The van der Waals surface area contributed by atoms with Gasteiger partial charge < -0.3 is 4.74 Å². The Kier molecular flexibility index (Phi) is 3.03. The van der Waals surface area contributed by atoms with Crippen molar-refractivity contribution in [2.75, 3.05) is 7.11 Å². The normalized spacial score (nSPS) is 17.0. The third-order valence-electron chi connectivity index (χ3n) is 3.75. The van der Waals surface area contributed by atoms with E-state index in [1.54, 1.807) is 13.2 Å². The van der Waals surface area contributed by atoms with Crippen molar-refractivity contribution in [3.8, 4) is 5.75 Å². The first-order chi connectivity index (χ1) is 9.33. The van der Waals surface area contributed by atoms with Crippen LogP contribution in [0.3, 0.4) is 0 Å². The molecule has 1 aromatic carbocycles. The number of carbonyl (C=O) groups excluding carboxylic acids is 1. The van der Waals surface area contributed by atoms with Crippen LogP contribution < -0.4 is 4.74 Å². The van der Waals surface area contributed by atoms with Crippen LogP contribution in [0.5, 0.6) is 5.75 Å². The summed E-state index contributed by atoms with van der Waals surface area (Å²) >= 11 is 0. The maximum Gasteiger partial charge on any atom is 0.150 e. The monoisotopic (exact) mass is 253 g/mol. The Balaban J connectivity index is 2.06. The summed E-state index contributed by atoms with van der Waals surface area (Å²) < 4.78 is 5.17. The zero-order chi connectivity index (χ0) is 13.2. The fourth-order valence-electron chi connectivity index (χ4n) is 2.81. The number of rotatable bonds is 3. The van der Waals surface area contributed by atoms with E-state index < -0.39 is 0 Å². The highest BCUT2D eigenvalue weighted by molar-refractivity contribution is 5.79. The zero-order valence-corrected chi connectivity index (χ0v) is 10.8. The average Bonchev–Trinajstić information content (AvgIpc) is 2.90. The van der Waals surface area contributed by atoms with Crippen LogP contribution in [0.15, 0.2) is 36.5 Å². The second kappa shape index (κ2) is 4.84. The Morgan fingerprint density at radius 3 is 3.05 bits per heavy atom. The van der Waals surface area contributed by atoms with Crippen LogP contribution in [0.1, 0.15) is 39.5 Å². The number of fused-ring (bicyclic) bond motifs is 1. The van der Waals surface area contributed by atoms with Crippen LogP contribution in [0, 0.1) is 0 Å². The number of aromatic nitrogens is 1. The number of methoxy groups -OCH3 is 1. The van der Waals surface area contributed by atoms with Crippen molar-refractivity contribution >= 4 is 6.29 Å². The van der Waals surface area contributed by atoms with E-state index >= 15 is 0 Å². The predicted octanol–water partition coefficient (Wildman–Crippen LogP) is 2.98. The van der Waals surface area contributed by atoms with E-state index in [9.17, 15) is 4.79 Å². The van der Waals surface area contributed by atoms with Crippen LogP contribution >= 0.6 is 0 Å². The highest BCUT2D eigenvalue weighted by Crippen LogP contribution is 2.38. The summed E-state index contributed by atoms with van der Waals surface area (Å²) in [7, 11) is 1.61. The summed E-state index contributed by atoms with van der Waals surface area (Å²) in [6.07, 6.45) is 4.76. The van der Waals surface area contributed by atoms with Gasteiger partial charge in [0.2, 0.25) is 0 Å². The Morgan fingerprint density at radius 2 is 2.26 bits per heavy atom. The lowest BCUT2D eigenvalue weighted by molar-refractivity contribution is 0.112. The molecule has 1 aliphatic rings. The van der Waals surface area contributed by atoms with Gasteiger partial charge in [-0.15, -0.1) is 0 Å². The van der Waals surface area contributed by atoms with Crippen LogP contribution in [0.25, 0.3) is 0 Å². The van der Waals surface area contributed by atoms with Crippen molar-refractivity contribution in [1.29, 1.82) is 0 Å². The molecular weight excluding hydrogens is 238 g/mol. The van der Waals surface area contributed by atoms with Crippen molar-refractivity contribution in [3.63, 3.8) is 0 Å². The maximum atomic E-state index is 11.3. The van der Waals surface area contributed by atoms with Crippen molar-refractivity contribution in [2.45, 2.75) is 18.8 Å². The molecule has 0 fully saturated rings. The van der Waals surface area contributed by atoms with E-state index in [-0.39, 0.29) is 5.92 Å². The molecule has 3 rings (SSSR count). The van der Waals surface area contributed by atoms with Gasteiger partial charge in [0.15, 0.2) is 0 Å². The fourth-order valence-corrected chi connectivity index (χ4v) is 2.81. The van der Waals surface area contributed by atoms with Gasteiger partial charge in [-0.25, -0.2) is 0 Å². The molecule has 1 unspecified atom stereocenters. The lowest BCUT2D eigenvalue weighted by Crippen LogP contribution is -2.03. The van der Waals surface area contributed by atoms with Gasteiger partial charge in [-0.05, 0) is 42.2 Å². The van der Waals surface area contributed by atoms with Gasteiger partial charge in [-0.2, -0.15) is 0 Å². The smallest absolute Gasteiger partial charge is 0.150 e. The molecule has 1 atom stereocenters. The number of hydrogen-bond donors (Lipinski definition) is 0. The molecule has 0 spiro atoms. The molecule has 0 bridgehead atoms. The highest BCUT2D eigenvalue weighted by atomic mass is 16.5. The quantitative estimate of drug-likeness (QED) is 0.789. The molecule has 1 aromatic heterocycles. The first kappa shape index (κ1) is 11.9. The van der Waals surface area contributed by atoms with Gasteiger partial charge >= 0.3 is 0 Å². The minimum absolute atomic E-state index is 0.224. The van der Waals surface area contributed by atoms with Gasteiger partial charge in [0.05, 0.1) is 12.8 Å². The Bertz CT molecular complexity index is 622. The molecule has 3 nitrogen and oxygen atoms in total. The number of aryl methyl sites for hydroxylation is 1. The molecule has 1 aliphatic carbocycles. The summed E-state index contributed by atoms with van der Waals surface area (Å²) in [5.74, 6) is 0.937. The number of carbonyl (C=O) groups is 1. The van der Waals surface area contributed by atoms with Crippen LogP contribution in [-0.4, -0.2) is 18.4 Å². The van der Waals surface area contributed by atoms with Crippen molar-refractivity contribution in [2.24, 2.45) is 0 Å². The Labute approximate surface area is 112 Å². The molecule has 3 heteroatoms. The largest absolute Gasteiger partial charge is 0.497 e. The number of hydrogen-bond acceptors (Lipinski definition) is 3. The Hall–Kier alpha value is -2.16. The summed E-state index contributed by atoms with van der Waals surface area (Å²) in [6, 6.07) is 9.77. The van der Waals surface area contributed by atoms with Crippen LogP contribution in [-0.2, 0) is 6.42 Å². The van der Waals surface area contributed by atoms with Gasteiger partial charge in [0, 0.05) is 17.7 Å². The van der Waals surface area contributed by atoms with E-state index in [1.165, 1.54) is 5.56 Å². The number of nitrogens with zero attached hydrogens (tertiary/aromatic N) is 1. The molecule has 0 aliphatic heterocycles. The van der Waals surface area contributed by atoms with E-state index in [4.69, 9.17) is 4.74 Å². The van der Waals surface area contributed by atoms with Crippen LogP contribution in [0.4, 0.5) is 0 Å². The van der Waals surface area contributed by atoms with Crippen molar-refractivity contribution in [1.82, 2.24) is 4.98 Å². The molecule has 0 N–H and O–H groups in total. The number of benzene rings is 1. The SMILES string of the molecule is COc1ccc(C2CCc3cccnc32)c(C=O)c1. The highest BCUT2D eigenvalue weighted by Gasteiger charge is 2.26. The first-order valence-corrected chi connectivity index (χ1v) is 6.40. The van der Waals surface area contributed by atoms with Crippen molar-refractivity contribution < 1.29 is 9.53 Å². The van der Waals surface area contributed by atoms with E-state index in [0.717, 1.165) is 30.4 Å². The lowest BCUT2D eigenvalue weighted by atomic mass is 9.92. The van der Waals surface area contributed by atoms with Crippen LogP contribution in [0.2, 0.25) is 0 Å². The average molecular weight is 253 g/mol. The van der Waals surface area contributed by atoms with Gasteiger partial charge in [-0.1, -0.05) is 12.1 Å². The molecule has 0 amide bonds. The predicted molar refractivity (Wildman–Crippen MR) is 72.8 cm³/mol. The molecule has 0 saturated carbocycles. The van der Waals surface area contributed by atoms with E-state index in [1.807, 2.05) is 24.4 Å². The summed E-state index contributed by atoms with van der Waals surface area (Å²) in [5.41, 5.74) is 4.15. The van der Waals surface area contributed by atoms with Gasteiger partial charge in [-0.3, -0.25) is 9.78 Å². The Morgan fingerprint density at radius 1 is 1.37 bits per heavy atom. The minimum atomic E-state index is 0.224. The van der Waals surface area contributed by atoms with E-state index in [0.29, 0.717) is 11.3 Å². The summed E-state index contributed by atoms with van der Waals surface area (Å²) in [6.45, 7) is 0. The maximum absolute atomic E-state index is 11.3. The zero-order valence-electron chi connectivity index (χ0n) is 10.8. The molecule has 19 heavy (non-hydrogen) atoms. The second-order valence-electron chi connectivity index (χ2n) is 4.75. The topological polar surface area (TPSA) is 39.2 Å².